The third-order valence-corrected chi connectivity index (χ3v) is 3.20. The predicted octanol–water partition coefficient (Wildman–Crippen LogP) is 1.68. The molecule has 1 heterocycles. The Hall–Kier alpha value is -1.11. The highest BCUT2D eigenvalue weighted by atomic mass is 32.2. The van der Waals surface area contributed by atoms with Crippen LogP contribution < -0.4 is 0 Å². The Kier molecular flexibility index (Phi) is 2.53. The molecule has 0 saturated heterocycles. The minimum atomic E-state index is -5.28. The lowest BCUT2D eigenvalue weighted by atomic mass is 10.3. The average molecular weight is 225 g/mol. The Morgan fingerprint density at radius 1 is 1.36 bits per heavy atom. The van der Waals surface area contributed by atoms with Crippen molar-refractivity contribution in [3.63, 3.8) is 0 Å². The second-order valence-corrected chi connectivity index (χ2v) is 4.50. The van der Waals surface area contributed by atoms with Gasteiger partial charge in [-0.25, -0.2) is 8.42 Å². The first-order valence-corrected chi connectivity index (χ1v) is 4.97. The fourth-order valence-corrected chi connectivity index (χ4v) is 1.80. The highest BCUT2D eigenvalue weighted by Gasteiger charge is 2.47. The summed E-state index contributed by atoms with van der Waals surface area (Å²) in [5, 5.41) is 0. The Balaban J connectivity index is 3.40. The van der Waals surface area contributed by atoms with Crippen LogP contribution in [-0.2, 0) is 9.84 Å². The van der Waals surface area contributed by atoms with Gasteiger partial charge in [0.1, 0.15) is 0 Å². The van der Waals surface area contributed by atoms with Gasteiger partial charge in [0, 0.05) is 12.4 Å². The average Bonchev–Trinajstić information content (AvgIpc) is 2.02. The number of nitrogens with zero attached hydrogens (tertiary/aromatic N) is 1. The van der Waals surface area contributed by atoms with E-state index in [1.54, 1.807) is 0 Å². The number of halogens is 3. The molecule has 0 aromatic carbocycles. The van der Waals surface area contributed by atoms with Gasteiger partial charge in [-0.1, -0.05) is 0 Å². The molecule has 0 aliphatic rings. The van der Waals surface area contributed by atoms with E-state index in [1.807, 2.05) is 0 Å². The normalized spacial score (nSPS) is 12.9. The standard InChI is InChI=1S/C7H6F3NO2S/c1-5-2-3-11-4-6(5)14(12,13)7(8,9)10/h2-4H,1H3. The monoisotopic (exact) mass is 225 g/mol. The SMILES string of the molecule is Cc1ccncc1S(=O)(=O)C(F)(F)F. The number of hydrogen-bond acceptors (Lipinski definition) is 3. The zero-order chi connectivity index (χ0) is 11.0. The van der Waals surface area contributed by atoms with Gasteiger partial charge in [0.15, 0.2) is 0 Å². The van der Waals surface area contributed by atoms with E-state index in [1.165, 1.54) is 19.2 Å². The summed E-state index contributed by atoms with van der Waals surface area (Å²) in [5.74, 6) is 0. The van der Waals surface area contributed by atoms with E-state index in [0.717, 1.165) is 0 Å². The Labute approximate surface area is 78.5 Å². The topological polar surface area (TPSA) is 47.0 Å². The van der Waals surface area contributed by atoms with E-state index >= 15 is 0 Å². The third-order valence-electron chi connectivity index (χ3n) is 1.59. The fourth-order valence-electron chi connectivity index (χ4n) is 0.856. The summed E-state index contributed by atoms with van der Waals surface area (Å²) in [6.45, 7) is 1.28. The molecule has 14 heavy (non-hydrogen) atoms. The number of aromatic nitrogens is 1. The minimum Gasteiger partial charge on any atom is -0.263 e. The number of alkyl halides is 3. The van der Waals surface area contributed by atoms with Crippen LogP contribution in [0.5, 0.6) is 0 Å². The van der Waals surface area contributed by atoms with Gasteiger partial charge in [0.05, 0.1) is 4.90 Å². The molecule has 0 aliphatic heterocycles. The van der Waals surface area contributed by atoms with Crippen LogP contribution in [-0.4, -0.2) is 18.9 Å². The molecule has 78 valence electrons. The second kappa shape index (κ2) is 3.23. The number of sulfone groups is 1. The largest absolute Gasteiger partial charge is 0.501 e. The summed E-state index contributed by atoms with van der Waals surface area (Å²) in [6.07, 6.45) is 1.92. The van der Waals surface area contributed by atoms with E-state index in [4.69, 9.17) is 0 Å². The lowest BCUT2D eigenvalue weighted by Gasteiger charge is -2.09. The Morgan fingerprint density at radius 2 is 1.93 bits per heavy atom. The van der Waals surface area contributed by atoms with E-state index < -0.39 is 20.2 Å². The molecule has 1 aromatic rings. The van der Waals surface area contributed by atoms with Gasteiger partial charge in [-0.3, -0.25) is 4.98 Å². The van der Waals surface area contributed by atoms with Gasteiger partial charge in [0.2, 0.25) is 0 Å². The maximum Gasteiger partial charge on any atom is 0.501 e. The highest BCUT2D eigenvalue weighted by molar-refractivity contribution is 7.92. The quantitative estimate of drug-likeness (QED) is 0.730. The van der Waals surface area contributed by atoms with Crippen LogP contribution >= 0.6 is 0 Å². The summed E-state index contributed by atoms with van der Waals surface area (Å²) in [4.78, 5) is 2.55. The zero-order valence-corrected chi connectivity index (χ0v) is 7.85. The highest BCUT2D eigenvalue weighted by Crippen LogP contribution is 2.31. The van der Waals surface area contributed by atoms with E-state index in [0.29, 0.717) is 6.20 Å². The molecule has 0 fully saturated rings. The molecule has 0 amide bonds. The van der Waals surface area contributed by atoms with Crippen molar-refractivity contribution in [3.05, 3.63) is 24.0 Å². The summed E-state index contributed by atoms with van der Waals surface area (Å²) in [5.41, 5.74) is -5.25. The summed E-state index contributed by atoms with van der Waals surface area (Å²) in [7, 11) is -5.27. The molecule has 3 nitrogen and oxygen atoms in total. The van der Waals surface area contributed by atoms with Crippen LogP contribution in [0.4, 0.5) is 13.2 Å². The smallest absolute Gasteiger partial charge is 0.263 e. The van der Waals surface area contributed by atoms with Crippen molar-refractivity contribution in [1.29, 1.82) is 0 Å². The molecule has 0 bridgehead atoms. The molecule has 1 aromatic heterocycles. The number of hydrogen-bond donors (Lipinski definition) is 0. The van der Waals surface area contributed by atoms with Crippen LogP contribution in [0.25, 0.3) is 0 Å². The van der Waals surface area contributed by atoms with Crippen molar-refractivity contribution in [2.45, 2.75) is 17.3 Å². The van der Waals surface area contributed by atoms with Crippen molar-refractivity contribution in [1.82, 2.24) is 4.98 Å². The number of pyridine rings is 1. The molecule has 0 saturated carbocycles. The van der Waals surface area contributed by atoms with Crippen LogP contribution in [0.1, 0.15) is 5.56 Å². The maximum absolute atomic E-state index is 12.1. The van der Waals surface area contributed by atoms with Gasteiger partial charge in [-0.05, 0) is 18.6 Å². The van der Waals surface area contributed by atoms with Crippen LogP contribution in [0, 0.1) is 6.92 Å². The molecule has 0 aliphatic carbocycles. The molecule has 0 radical (unpaired) electrons. The van der Waals surface area contributed by atoms with Crippen molar-refractivity contribution in [2.24, 2.45) is 0 Å². The summed E-state index contributed by atoms with van der Waals surface area (Å²) >= 11 is 0. The van der Waals surface area contributed by atoms with Gasteiger partial charge in [-0.2, -0.15) is 13.2 Å². The molecule has 0 N–H and O–H groups in total. The predicted molar refractivity (Wildman–Crippen MR) is 42.2 cm³/mol. The molecule has 0 spiro atoms. The van der Waals surface area contributed by atoms with Gasteiger partial charge in [-0.15, -0.1) is 0 Å². The van der Waals surface area contributed by atoms with Gasteiger partial charge in [0.25, 0.3) is 9.84 Å². The molecule has 7 heteroatoms. The Morgan fingerprint density at radius 3 is 2.36 bits per heavy atom. The van der Waals surface area contributed by atoms with Crippen LogP contribution in [0.3, 0.4) is 0 Å². The van der Waals surface area contributed by atoms with Gasteiger partial charge >= 0.3 is 5.51 Å². The Bertz CT molecular complexity index is 438. The summed E-state index contributed by atoms with van der Waals surface area (Å²) in [6, 6.07) is 1.21. The van der Waals surface area contributed by atoms with Crippen molar-refractivity contribution < 1.29 is 21.6 Å². The molecular weight excluding hydrogens is 219 g/mol. The fraction of sp³-hybridized carbons (Fsp3) is 0.286. The number of aryl methyl sites for hydroxylation is 1. The first-order chi connectivity index (χ1) is 6.27. The third kappa shape index (κ3) is 1.72. The van der Waals surface area contributed by atoms with Gasteiger partial charge < -0.3 is 0 Å². The summed E-state index contributed by atoms with van der Waals surface area (Å²) < 4.78 is 58.1. The minimum absolute atomic E-state index is 0.0253. The molecule has 1 rings (SSSR count). The maximum atomic E-state index is 12.1. The van der Waals surface area contributed by atoms with E-state index in [-0.39, 0.29) is 5.56 Å². The lowest BCUT2D eigenvalue weighted by Crippen LogP contribution is -2.24. The van der Waals surface area contributed by atoms with Crippen molar-refractivity contribution in [3.8, 4) is 0 Å². The van der Waals surface area contributed by atoms with E-state index in [9.17, 15) is 21.6 Å². The van der Waals surface area contributed by atoms with E-state index in [2.05, 4.69) is 4.98 Å². The number of rotatable bonds is 1. The van der Waals surface area contributed by atoms with Crippen molar-refractivity contribution in [2.75, 3.05) is 0 Å². The second-order valence-electron chi connectivity index (χ2n) is 2.59. The molecular formula is C7H6F3NO2S. The zero-order valence-electron chi connectivity index (χ0n) is 7.04. The first kappa shape index (κ1) is 11.0. The first-order valence-electron chi connectivity index (χ1n) is 3.49. The van der Waals surface area contributed by atoms with Crippen molar-refractivity contribution >= 4 is 9.84 Å². The van der Waals surface area contributed by atoms with Crippen LogP contribution in [0.15, 0.2) is 23.4 Å². The molecule has 0 atom stereocenters. The lowest BCUT2D eigenvalue weighted by molar-refractivity contribution is -0.0436. The van der Waals surface area contributed by atoms with Crippen LogP contribution in [0.2, 0.25) is 0 Å². The molecule has 0 unspecified atom stereocenters.